The van der Waals surface area contributed by atoms with Crippen molar-refractivity contribution in [1.29, 1.82) is 0 Å². The average Bonchev–Trinajstić information content (AvgIpc) is 3.15. The number of aryl methyl sites for hydroxylation is 1. The number of pyridine rings is 1. The number of ether oxygens (including phenoxy) is 1. The highest BCUT2D eigenvalue weighted by Crippen LogP contribution is 2.22. The molecule has 1 atom stereocenters. The van der Waals surface area contributed by atoms with E-state index in [4.69, 9.17) is 4.74 Å². The van der Waals surface area contributed by atoms with Crippen molar-refractivity contribution >= 4 is 11.8 Å². The van der Waals surface area contributed by atoms with Crippen LogP contribution in [0, 0.1) is 0 Å². The Hall–Kier alpha value is -2.89. The first-order valence-electron chi connectivity index (χ1n) is 9.21. The number of aromatic nitrogens is 1. The fraction of sp³-hybridized carbons (Fsp3) is 0.381. The fourth-order valence-electron chi connectivity index (χ4n) is 3.12. The Morgan fingerprint density at radius 3 is 2.63 bits per heavy atom. The van der Waals surface area contributed by atoms with E-state index in [1.165, 1.54) is 10.5 Å². The van der Waals surface area contributed by atoms with Gasteiger partial charge in [0.1, 0.15) is 11.7 Å². The summed E-state index contributed by atoms with van der Waals surface area (Å²) in [4.78, 5) is 32.5. The Balaban J connectivity index is 1.66. The van der Waals surface area contributed by atoms with E-state index >= 15 is 0 Å². The number of carbonyl (C=O) groups is 2. The highest BCUT2D eigenvalue weighted by Gasteiger charge is 2.29. The minimum absolute atomic E-state index is 0.00867. The van der Waals surface area contributed by atoms with Crippen LogP contribution in [0.5, 0.6) is 5.88 Å². The molecular formula is C21H25N3O3. The van der Waals surface area contributed by atoms with Crippen LogP contribution in [-0.4, -0.2) is 59.9 Å². The number of nitrogens with zero attached hydrogens (tertiary/aromatic N) is 3. The largest absolute Gasteiger partial charge is 0.472 e. The van der Waals surface area contributed by atoms with Gasteiger partial charge in [-0.2, -0.15) is 0 Å². The van der Waals surface area contributed by atoms with Gasteiger partial charge in [0.15, 0.2) is 0 Å². The zero-order valence-corrected chi connectivity index (χ0v) is 16.0. The molecule has 1 aliphatic rings. The third-order valence-corrected chi connectivity index (χ3v) is 4.73. The van der Waals surface area contributed by atoms with Crippen molar-refractivity contribution in [3.8, 4) is 5.88 Å². The smallest absolute Gasteiger partial charge is 0.258 e. The van der Waals surface area contributed by atoms with Crippen molar-refractivity contribution in [2.45, 2.75) is 25.9 Å². The van der Waals surface area contributed by atoms with Crippen molar-refractivity contribution in [2.24, 2.45) is 0 Å². The van der Waals surface area contributed by atoms with Crippen molar-refractivity contribution in [3.63, 3.8) is 0 Å². The van der Waals surface area contributed by atoms with Crippen LogP contribution < -0.4 is 4.74 Å². The summed E-state index contributed by atoms with van der Waals surface area (Å²) >= 11 is 0. The molecule has 0 saturated carbocycles. The Bertz CT molecular complexity index is 818. The summed E-state index contributed by atoms with van der Waals surface area (Å²) in [5.41, 5.74) is 2.33. The van der Waals surface area contributed by atoms with Gasteiger partial charge in [0, 0.05) is 38.8 Å². The van der Waals surface area contributed by atoms with Crippen molar-refractivity contribution in [1.82, 2.24) is 14.8 Å². The van der Waals surface area contributed by atoms with E-state index in [2.05, 4.69) is 11.9 Å². The van der Waals surface area contributed by atoms with Crippen LogP contribution in [0.25, 0.3) is 0 Å². The van der Waals surface area contributed by atoms with Gasteiger partial charge in [-0.25, -0.2) is 4.98 Å². The summed E-state index contributed by atoms with van der Waals surface area (Å²) in [5, 5.41) is 0. The molecular weight excluding hydrogens is 342 g/mol. The molecule has 1 saturated heterocycles. The van der Waals surface area contributed by atoms with Crippen LogP contribution in [-0.2, 0) is 6.42 Å². The summed E-state index contributed by atoms with van der Waals surface area (Å²) in [6.45, 7) is 3.20. The molecule has 6 nitrogen and oxygen atoms in total. The monoisotopic (exact) mass is 367 g/mol. The molecule has 1 aromatic carbocycles. The maximum Gasteiger partial charge on any atom is 0.258 e. The molecule has 0 spiro atoms. The van der Waals surface area contributed by atoms with Crippen molar-refractivity contribution < 1.29 is 14.3 Å². The van der Waals surface area contributed by atoms with E-state index in [9.17, 15) is 9.59 Å². The number of carbonyl (C=O) groups excluding carboxylic acids is 2. The Kier molecular flexibility index (Phi) is 5.74. The minimum Gasteiger partial charge on any atom is -0.472 e. The third-order valence-electron chi connectivity index (χ3n) is 4.73. The zero-order valence-electron chi connectivity index (χ0n) is 16.0. The molecule has 1 aromatic heterocycles. The predicted octanol–water partition coefficient (Wildman–Crippen LogP) is 2.64. The van der Waals surface area contributed by atoms with Gasteiger partial charge in [0.2, 0.25) is 5.88 Å². The topological polar surface area (TPSA) is 62.7 Å². The Morgan fingerprint density at radius 2 is 1.96 bits per heavy atom. The molecule has 3 rings (SSSR count). The van der Waals surface area contributed by atoms with Gasteiger partial charge in [-0.3, -0.25) is 9.59 Å². The second kappa shape index (κ2) is 8.20. The lowest BCUT2D eigenvalue weighted by molar-refractivity contribution is 0.0763. The summed E-state index contributed by atoms with van der Waals surface area (Å²) in [7, 11) is 3.39. The van der Waals surface area contributed by atoms with E-state index in [0.717, 1.165) is 6.42 Å². The Morgan fingerprint density at radius 1 is 1.22 bits per heavy atom. The first kappa shape index (κ1) is 18.9. The SMILES string of the molecule is CCc1ccc(C(=O)N2CCC(Oc3ncccc3C(=O)N(C)C)C2)cc1. The van der Waals surface area contributed by atoms with E-state index < -0.39 is 0 Å². The van der Waals surface area contributed by atoms with Crippen LogP contribution in [0.1, 0.15) is 39.6 Å². The molecule has 0 N–H and O–H groups in total. The zero-order chi connectivity index (χ0) is 19.4. The molecule has 6 heteroatoms. The lowest BCUT2D eigenvalue weighted by Crippen LogP contribution is -2.31. The van der Waals surface area contributed by atoms with Gasteiger partial charge >= 0.3 is 0 Å². The highest BCUT2D eigenvalue weighted by atomic mass is 16.5. The van der Waals surface area contributed by atoms with E-state index in [-0.39, 0.29) is 17.9 Å². The van der Waals surface area contributed by atoms with Crippen LogP contribution in [0.3, 0.4) is 0 Å². The van der Waals surface area contributed by atoms with Crippen LogP contribution >= 0.6 is 0 Å². The molecule has 1 aliphatic heterocycles. The normalized spacial score (nSPS) is 16.3. The number of amides is 2. The van der Waals surface area contributed by atoms with Gasteiger partial charge in [-0.05, 0) is 36.2 Å². The molecule has 1 unspecified atom stereocenters. The van der Waals surface area contributed by atoms with Crippen molar-refractivity contribution in [3.05, 3.63) is 59.3 Å². The first-order chi connectivity index (χ1) is 13.0. The maximum atomic E-state index is 12.7. The number of benzene rings is 1. The van der Waals surface area contributed by atoms with Crippen LogP contribution in [0.4, 0.5) is 0 Å². The molecule has 142 valence electrons. The summed E-state index contributed by atoms with van der Waals surface area (Å²) < 4.78 is 5.98. The minimum atomic E-state index is -0.174. The Labute approximate surface area is 159 Å². The maximum absolute atomic E-state index is 12.7. The second-order valence-electron chi connectivity index (χ2n) is 6.89. The van der Waals surface area contributed by atoms with Gasteiger partial charge in [-0.1, -0.05) is 19.1 Å². The van der Waals surface area contributed by atoms with E-state index in [1.54, 1.807) is 37.3 Å². The van der Waals surface area contributed by atoms with E-state index in [1.807, 2.05) is 24.3 Å². The van der Waals surface area contributed by atoms with Crippen molar-refractivity contribution in [2.75, 3.05) is 27.2 Å². The van der Waals surface area contributed by atoms with Gasteiger partial charge in [0.25, 0.3) is 11.8 Å². The first-order valence-corrected chi connectivity index (χ1v) is 9.21. The summed E-state index contributed by atoms with van der Waals surface area (Å²) in [6, 6.07) is 11.2. The molecule has 0 radical (unpaired) electrons. The molecule has 2 heterocycles. The second-order valence-corrected chi connectivity index (χ2v) is 6.89. The number of rotatable bonds is 5. The summed E-state index contributed by atoms with van der Waals surface area (Å²) in [6.07, 6.45) is 3.10. The lowest BCUT2D eigenvalue weighted by Gasteiger charge is -2.19. The molecule has 1 fully saturated rings. The quantitative estimate of drug-likeness (QED) is 0.815. The molecule has 2 amide bonds. The fourth-order valence-corrected chi connectivity index (χ4v) is 3.12. The molecule has 27 heavy (non-hydrogen) atoms. The standard InChI is InChI=1S/C21H25N3O3/c1-4-15-7-9-16(10-8-15)20(25)24-13-11-17(14-24)27-19-18(6-5-12-22-19)21(26)23(2)3/h5-10,12,17H,4,11,13-14H2,1-3H3. The number of likely N-dealkylation sites (tertiary alicyclic amines) is 1. The molecule has 2 aromatic rings. The third kappa shape index (κ3) is 4.27. The van der Waals surface area contributed by atoms with Crippen LogP contribution in [0.15, 0.2) is 42.6 Å². The van der Waals surface area contributed by atoms with Crippen LogP contribution in [0.2, 0.25) is 0 Å². The van der Waals surface area contributed by atoms with Gasteiger partial charge in [0.05, 0.1) is 6.54 Å². The van der Waals surface area contributed by atoms with E-state index in [0.29, 0.717) is 36.5 Å². The van der Waals surface area contributed by atoms with Gasteiger partial charge < -0.3 is 14.5 Å². The molecule has 0 aliphatic carbocycles. The summed E-state index contributed by atoms with van der Waals surface area (Å²) in [5.74, 6) is 0.178. The number of hydrogen-bond donors (Lipinski definition) is 0. The average molecular weight is 367 g/mol. The van der Waals surface area contributed by atoms with Gasteiger partial charge in [-0.15, -0.1) is 0 Å². The predicted molar refractivity (Wildman–Crippen MR) is 103 cm³/mol. The molecule has 0 bridgehead atoms. The highest BCUT2D eigenvalue weighted by molar-refractivity contribution is 5.96. The number of hydrogen-bond acceptors (Lipinski definition) is 4. The lowest BCUT2D eigenvalue weighted by atomic mass is 10.1.